The molecule has 0 spiro atoms. The molecule has 4 aromatic heterocycles. The summed E-state index contributed by atoms with van der Waals surface area (Å²) >= 11 is 1.83. The highest BCUT2D eigenvalue weighted by Gasteiger charge is 2.17. The van der Waals surface area contributed by atoms with Crippen molar-refractivity contribution >= 4 is 53.4 Å². The SMILES string of the molecule is c1ccc(-c2cnc3c4cc5c(cc4n(-c4cncnc4)c3c2)sc2ccccc25)cc1. The standard InChI is InChI=1S/C27H16N4S/c1-2-6-17(7-3-1)18-10-24-27(30-13-18)22-11-21-20-8-4-5-9-25(20)32-26(21)12-23(22)31(24)19-14-28-16-29-15-19/h1-16H. The van der Waals surface area contributed by atoms with Gasteiger partial charge in [0.05, 0.1) is 34.6 Å². The first-order valence-electron chi connectivity index (χ1n) is 10.4. The first-order valence-corrected chi connectivity index (χ1v) is 11.2. The minimum absolute atomic E-state index is 0.931. The molecular weight excluding hydrogens is 412 g/mol. The van der Waals surface area contributed by atoms with E-state index >= 15 is 0 Å². The van der Waals surface area contributed by atoms with Crippen LogP contribution in [0.5, 0.6) is 0 Å². The Labute approximate surface area is 187 Å². The second-order valence-electron chi connectivity index (χ2n) is 7.85. The Bertz CT molecular complexity index is 1770. The zero-order valence-electron chi connectivity index (χ0n) is 16.9. The highest BCUT2D eigenvalue weighted by atomic mass is 32.1. The van der Waals surface area contributed by atoms with E-state index in [2.05, 4.69) is 81.3 Å². The molecule has 0 atom stereocenters. The molecule has 4 heterocycles. The van der Waals surface area contributed by atoms with E-state index in [-0.39, 0.29) is 0 Å². The van der Waals surface area contributed by atoms with Gasteiger partial charge in [0, 0.05) is 37.3 Å². The average Bonchev–Trinajstić information content (AvgIpc) is 3.38. The average molecular weight is 429 g/mol. The van der Waals surface area contributed by atoms with Gasteiger partial charge in [0.15, 0.2) is 0 Å². The largest absolute Gasteiger partial charge is 0.305 e. The van der Waals surface area contributed by atoms with Crippen molar-refractivity contribution in [2.75, 3.05) is 0 Å². The van der Waals surface area contributed by atoms with Crippen LogP contribution in [0.1, 0.15) is 0 Å². The van der Waals surface area contributed by atoms with Crippen molar-refractivity contribution in [1.82, 2.24) is 19.5 Å². The predicted octanol–water partition coefficient (Wildman–Crippen LogP) is 7.00. The lowest BCUT2D eigenvalue weighted by molar-refractivity contribution is 1.07. The van der Waals surface area contributed by atoms with Crippen molar-refractivity contribution in [1.29, 1.82) is 0 Å². The molecule has 7 rings (SSSR count). The summed E-state index contributed by atoms with van der Waals surface area (Å²) in [5, 5.41) is 3.70. The number of hydrogen-bond donors (Lipinski definition) is 0. The normalized spacial score (nSPS) is 11.8. The molecule has 4 nitrogen and oxygen atoms in total. The monoisotopic (exact) mass is 428 g/mol. The van der Waals surface area contributed by atoms with Crippen molar-refractivity contribution < 1.29 is 0 Å². The molecule has 0 bridgehead atoms. The van der Waals surface area contributed by atoms with Crippen molar-refractivity contribution in [3.05, 3.63) is 97.7 Å². The zero-order chi connectivity index (χ0) is 21.1. The van der Waals surface area contributed by atoms with E-state index in [1.807, 2.05) is 36.0 Å². The molecule has 0 aliphatic heterocycles. The van der Waals surface area contributed by atoms with Crippen LogP contribution >= 0.6 is 11.3 Å². The third kappa shape index (κ3) is 2.52. The van der Waals surface area contributed by atoms with Gasteiger partial charge in [-0.2, -0.15) is 0 Å². The van der Waals surface area contributed by atoms with Crippen LogP contribution in [0.25, 0.3) is 58.9 Å². The number of aromatic nitrogens is 4. The smallest absolute Gasteiger partial charge is 0.115 e. The molecule has 0 aliphatic carbocycles. The van der Waals surface area contributed by atoms with Gasteiger partial charge in [-0.1, -0.05) is 48.5 Å². The second-order valence-corrected chi connectivity index (χ2v) is 8.94. The van der Waals surface area contributed by atoms with Crippen LogP contribution < -0.4 is 0 Å². The van der Waals surface area contributed by atoms with E-state index < -0.39 is 0 Å². The van der Waals surface area contributed by atoms with Crippen LogP contribution in [0.2, 0.25) is 0 Å². The van der Waals surface area contributed by atoms with Gasteiger partial charge in [0.1, 0.15) is 6.33 Å². The van der Waals surface area contributed by atoms with Crippen LogP contribution in [0.4, 0.5) is 0 Å². The van der Waals surface area contributed by atoms with Gasteiger partial charge >= 0.3 is 0 Å². The lowest BCUT2D eigenvalue weighted by Crippen LogP contribution is -1.96. The van der Waals surface area contributed by atoms with Gasteiger partial charge in [-0.25, -0.2) is 9.97 Å². The molecule has 7 aromatic rings. The van der Waals surface area contributed by atoms with Crippen LogP contribution in [0.15, 0.2) is 97.7 Å². The molecule has 0 aliphatic rings. The molecule has 0 N–H and O–H groups in total. The number of rotatable bonds is 2. The van der Waals surface area contributed by atoms with E-state index in [0.29, 0.717) is 0 Å². The Balaban J connectivity index is 1.63. The molecule has 0 fully saturated rings. The van der Waals surface area contributed by atoms with E-state index in [9.17, 15) is 0 Å². The highest BCUT2D eigenvalue weighted by Crippen LogP contribution is 2.40. The molecule has 0 unspecified atom stereocenters. The molecule has 32 heavy (non-hydrogen) atoms. The summed E-state index contributed by atoms with van der Waals surface area (Å²) in [6.07, 6.45) is 7.25. The van der Waals surface area contributed by atoms with Gasteiger partial charge in [-0.3, -0.25) is 4.98 Å². The lowest BCUT2D eigenvalue weighted by Gasteiger charge is -2.07. The van der Waals surface area contributed by atoms with Crippen molar-refractivity contribution in [3.8, 4) is 16.8 Å². The number of pyridine rings is 1. The first-order chi connectivity index (χ1) is 15.9. The Morgan fingerprint density at radius 3 is 2.31 bits per heavy atom. The number of nitrogens with zero attached hydrogens (tertiary/aromatic N) is 4. The zero-order valence-corrected chi connectivity index (χ0v) is 17.8. The van der Waals surface area contributed by atoms with Gasteiger partial charge in [0.25, 0.3) is 0 Å². The molecule has 0 amide bonds. The number of fused-ring (bicyclic) bond motifs is 6. The van der Waals surface area contributed by atoms with Crippen molar-refractivity contribution in [3.63, 3.8) is 0 Å². The van der Waals surface area contributed by atoms with E-state index in [1.165, 1.54) is 20.2 Å². The second kappa shape index (κ2) is 6.70. The predicted molar refractivity (Wildman–Crippen MR) is 132 cm³/mol. The molecule has 5 heteroatoms. The van der Waals surface area contributed by atoms with Gasteiger partial charge < -0.3 is 4.57 Å². The Kier molecular flexibility index (Phi) is 3.68. The maximum absolute atomic E-state index is 4.94. The summed E-state index contributed by atoms with van der Waals surface area (Å²) in [7, 11) is 0. The lowest BCUT2D eigenvalue weighted by atomic mass is 10.1. The number of hydrogen-bond acceptors (Lipinski definition) is 4. The summed E-state index contributed by atoms with van der Waals surface area (Å²) in [5.41, 5.74) is 6.33. The van der Waals surface area contributed by atoms with E-state index in [0.717, 1.165) is 38.8 Å². The van der Waals surface area contributed by atoms with Crippen molar-refractivity contribution in [2.24, 2.45) is 0 Å². The Morgan fingerprint density at radius 2 is 1.44 bits per heavy atom. The highest BCUT2D eigenvalue weighted by molar-refractivity contribution is 7.25. The Hall–Kier alpha value is -4.09. The van der Waals surface area contributed by atoms with Gasteiger partial charge in [-0.15, -0.1) is 11.3 Å². The fourth-order valence-corrected chi connectivity index (χ4v) is 5.69. The maximum atomic E-state index is 4.94. The van der Waals surface area contributed by atoms with Gasteiger partial charge in [-0.05, 0) is 29.8 Å². The van der Waals surface area contributed by atoms with Crippen LogP contribution in [-0.2, 0) is 0 Å². The van der Waals surface area contributed by atoms with Crippen LogP contribution in [0, 0.1) is 0 Å². The molecule has 0 saturated heterocycles. The summed E-state index contributed by atoms with van der Waals surface area (Å²) in [4.78, 5) is 13.5. The molecule has 0 radical (unpaired) electrons. The van der Waals surface area contributed by atoms with Crippen molar-refractivity contribution in [2.45, 2.75) is 0 Å². The van der Waals surface area contributed by atoms with E-state index in [1.54, 1.807) is 6.33 Å². The minimum atomic E-state index is 0.931. The first kappa shape index (κ1) is 17.6. The van der Waals surface area contributed by atoms with Gasteiger partial charge in [0.2, 0.25) is 0 Å². The van der Waals surface area contributed by atoms with Crippen LogP contribution in [-0.4, -0.2) is 19.5 Å². The topological polar surface area (TPSA) is 43.6 Å². The number of benzene rings is 3. The molecular formula is C27H16N4S. The third-order valence-electron chi connectivity index (χ3n) is 6.01. The summed E-state index contributed by atoms with van der Waals surface area (Å²) < 4.78 is 4.80. The molecule has 0 saturated carbocycles. The summed E-state index contributed by atoms with van der Waals surface area (Å²) in [6, 6.07) is 25.8. The fraction of sp³-hybridized carbons (Fsp3) is 0. The fourth-order valence-electron chi connectivity index (χ4n) is 4.57. The number of thiophene rings is 1. The van der Waals surface area contributed by atoms with E-state index in [4.69, 9.17) is 4.98 Å². The third-order valence-corrected chi connectivity index (χ3v) is 7.15. The Morgan fingerprint density at radius 1 is 0.625 bits per heavy atom. The maximum Gasteiger partial charge on any atom is 0.115 e. The molecule has 150 valence electrons. The summed E-state index contributed by atoms with van der Waals surface area (Å²) in [5.74, 6) is 0. The molecule has 3 aromatic carbocycles. The quantitative estimate of drug-likeness (QED) is 0.298. The van der Waals surface area contributed by atoms with Crippen LogP contribution in [0.3, 0.4) is 0 Å². The summed E-state index contributed by atoms with van der Waals surface area (Å²) in [6.45, 7) is 0. The minimum Gasteiger partial charge on any atom is -0.305 e.